The van der Waals surface area contributed by atoms with Gasteiger partial charge in [0.15, 0.2) is 5.58 Å². The molecule has 1 saturated heterocycles. The van der Waals surface area contributed by atoms with Crippen molar-refractivity contribution >= 4 is 34.5 Å². The number of nitro groups is 1. The molecule has 1 N–H and O–H groups in total. The van der Waals surface area contributed by atoms with Gasteiger partial charge in [-0.15, -0.1) is 0 Å². The number of carbonyl (C=O) groups is 1. The number of nitrogens with one attached hydrogen (secondary N) is 1. The molecule has 2 aromatic rings. The summed E-state index contributed by atoms with van der Waals surface area (Å²) in [7, 11) is 0. The molecule has 0 aliphatic carbocycles. The lowest BCUT2D eigenvalue weighted by atomic mass is 10.2. The predicted molar refractivity (Wildman–Crippen MR) is 83.4 cm³/mol. The topological polar surface area (TPSA) is 108 Å². The fraction of sp³-hybridized carbons (Fsp3) is 0.429. The standard InChI is InChI=1S/C14H15N3O5S/c18-13(15-7-10-2-1-5-21-10)8-23-14-16-11-6-9(17(19)20)3-4-12(11)22-14/h3-4,6,10H,1-2,5,7-8H2,(H,15,18)/t10-/m0/s1. The average molecular weight is 337 g/mol. The van der Waals surface area contributed by atoms with E-state index in [1.807, 2.05) is 0 Å². The van der Waals surface area contributed by atoms with Crippen LogP contribution in [0.4, 0.5) is 5.69 Å². The number of ether oxygens (including phenoxy) is 1. The minimum absolute atomic E-state index is 0.0448. The average Bonchev–Trinajstić information content (AvgIpc) is 3.18. The van der Waals surface area contributed by atoms with E-state index in [1.165, 1.54) is 18.2 Å². The number of carbonyl (C=O) groups excluding carboxylic acids is 1. The SMILES string of the molecule is O=C(CSc1nc2cc([N+](=O)[O-])ccc2o1)NC[C@@H]1CCCO1. The molecule has 1 fully saturated rings. The summed E-state index contributed by atoms with van der Waals surface area (Å²) < 4.78 is 10.9. The fourth-order valence-electron chi connectivity index (χ4n) is 2.28. The number of oxazole rings is 1. The van der Waals surface area contributed by atoms with Crippen molar-refractivity contribution < 1.29 is 18.9 Å². The van der Waals surface area contributed by atoms with Crippen molar-refractivity contribution in [2.75, 3.05) is 18.9 Å². The molecule has 23 heavy (non-hydrogen) atoms. The molecule has 0 bridgehead atoms. The van der Waals surface area contributed by atoms with Crippen LogP contribution < -0.4 is 5.32 Å². The maximum Gasteiger partial charge on any atom is 0.271 e. The van der Waals surface area contributed by atoms with Crippen molar-refractivity contribution in [1.29, 1.82) is 0 Å². The highest BCUT2D eigenvalue weighted by atomic mass is 32.2. The monoisotopic (exact) mass is 337 g/mol. The molecule has 2 heterocycles. The highest BCUT2D eigenvalue weighted by Crippen LogP contribution is 2.26. The number of non-ortho nitro benzene ring substituents is 1. The van der Waals surface area contributed by atoms with Gasteiger partial charge in [0.2, 0.25) is 5.91 Å². The van der Waals surface area contributed by atoms with Gasteiger partial charge in [-0.1, -0.05) is 11.8 Å². The third-order valence-corrected chi connectivity index (χ3v) is 4.27. The van der Waals surface area contributed by atoms with Crippen LogP contribution in [0.25, 0.3) is 11.1 Å². The largest absolute Gasteiger partial charge is 0.431 e. The smallest absolute Gasteiger partial charge is 0.271 e. The highest BCUT2D eigenvalue weighted by molar-refractivity contribution is 7.99. The molecular weight excluding hydrogens is 322 g/mol. The molecule has 1 aliphatic heterocycles. The van der Waals surface area contributed by atoms with Crippen LogP contribution >= 0.6 is 11.8 Å². The third kappa shape index (κ3) is 3.99. The number of fused-ring (bicyclic) bond motifs is 1. The van der Waals surface area contributed by atoms with E-state index in [1.54, 1.807) is 0 Å². The molecule has 0 spiro atoms. The van der Waals surface area contributed by atoms with E-state index in [0.29, 0.717) is 22.9 Å². The molecule has 0 saturated carbocycles. The lowest BCUT2D eigenvalue weighted by molar-refractivity contribution is -0.384. The number of benzene rings is 1. The molecule has 122 valence electrons. The van der Waals surface area contributed by atoms with Gasteiger partial charge < -0.3 is 14.5 Å². The summed E-state index contributed by atoms with van der Waals surface area (Å²) in [6.45, 7) is 1.27. The highest BCUT2D eigenvalue weighted by Gasteiger charge is 2.17. The van der Waals surface area contributed by atoms with E-state index in [9.17, 15) is 14.9 Å². The maximum absolute atomic E-state index is 11.8. The predicted octanol–water partition coefficient (Wildman–Crippen LogP) is 2.12. The summed E-state index contributed by atoms with van der Waals surface area (Å²) in [5, 5.41) is 13.8. The van der Waals surface area contributed by atoms with Crippen molar-refractivity contribution in [2.24, 2.45) is 0 Å². The summed E-state index contributed by atoms with van der Waals surface area (Å²) in [6, 6.07) is 4.21. The zero-order valence-electron chi connectivity index (χ0n) is 12.2. The number of thioether (sulfide) groups is 1. The summed E-state index contributed by atoms with van der Waals surface area (Å²) in [5.74, 6) is 0.0421. The van der Waals surface area contributed by atoms with Crippen LogP contribution in [0.5, 0.6) is 0 Å². The van der Waals surface area contributed by atoms with Crippen molar-refractivity contribution in [3.63, 3.8) is 0 Å². The Morgan fingerprint density at radius 2 is 2.39 bits per heavy atom. The molecule has 0 unspecified atom stereocenters. The number of aromatic nitrogens is 1. The Bertz CT molecular complexity index is 726. The second kappa shape index (κ2) is 6.97. The Balaban J connectivity index is 1.54. The molecule has 1 aromatic carbocycles. The van der Waals surface area contributed by atoms with Crippen LogP contribution in [0.2, 0.25) is 0 Å². The molecular formula is C14H15N3O5S. The summed E-state index contributed by atoms with van der Waals surface area (Å²) in [6.07, 6.45) is 2.11. The Kier molecular flexibility index (Phi) is 4.77. The third-order valence-electron chi connectivity index (χ3n) is 3.44. The van der Waals surface area contributed by atoms with Crippen LogP contribution in [0.3, 0.4) is 0 Å². The van der Waals surface area contributed by atoms with Gasteiger partial charge in [-0.3, -0.25) is 14.9 Å². The van der Waals surface area contributed by atoms with Gasteiger partial charge in [-0.2, -0.15) is 0 Å². The zero-order valence-corrected chi connectivity index (χ0v) is 13.0. The molecule has 9 heteroatoms. The van der Waals surface area contributed by atoms with E-state index < -0.39 is 4.92 Å². The number of amides is 1. The second-order valence-corrected chi connectivity index (χ2v) is 6.04. The first kappa shape index (κ1) is 15.8. The number of nitrogens with zero attached hydrogens (tertiary/aromatic N) is 2. The van der Waals surface area contributed by atoms with Crippen molar-refractivity contribution in [1.82, 2.24) is 10.3 Å². The van der Waals surface area contributed by atoms with Crippen LogP contribution in [-0.4, -0.2) is 40.8 Å². The number of nitro benzene ring substituents is 1. The van der Waals surface area contributed by atoms with Gasteiger partial charge in [0.1, 0.15) is 5.52 Å². The normalized spacial score (nSPS) is 17.5. The Hall–Kier alpha value is -2.13. The fourth-order valence-corrected chi connectivity index (χ4v) is 2.95. The number of rotatable bonds is 6. The number of hydrogen-bond donors (Lipinski definition) is 1. The van der Waals surface area contributed by atoms with E-state index >= 15 is 0 Å². The van der Waals surface area contributed by atoms with Gasteiger partial charge in [0.05, 0.1) is 16.8 Å². The van der Waals surface area contributed by atoms with Crippen molar-refractivity contribution in [3.05, 3.63) is 28.3 Å². The number of hydrogen-bond acceptors (Lipinski definition) is 7. The van der Waals surface area contributed by atoms with Crippen molar-refractivity contribution in [3.8, 4) is 0 Å². The minimum Gasteiger partial charge on any atom is -0.431 e. The van der Waals surface area contributed by atoms with Gasteiger partial charge in [-0.25, -0.2) is 4.98 Å². The van der Waals surface area contributed by atoms with Crippen molar-refractivity contribution in [2.45, 2.75) is 24.2 Å². The Labute approximate surface area is 135 Å². The lowest BCUT2D eigenvalue weighted by Gasteiger charge is -2.09. The summed E-state index contributed by atoms with van der Waals surface area (Å²) in [4.78, 5) is 26.2. The first-order valence-corrected chi connectivity index (χ1v) is 8.16. The van der Waals surface area contributed by atoms with Crippen LogP contribution in [-0.2, 0) is 9.53 Å². The summed E-state index contributed by atoms with van der Waals surface area (Å²) in [5.41, 5.74) is 0.816. The first-order chi connectivity index (χ1) is 11.1. The van der Waals surface area contributed by atoms with Crippen LogP contribution in [0, 0.1) is 10.1 Å². The Morgan fingerprint density at radius 1 is 1.52 bits per heavy atom. The van der Waals surface area contributed by atoms with Gasteiger partial charge in [0.25, 0.3) is 10.9 Å². The Morgan fingerprint density at radius 3 is 3.13 bits per heavy atom. The second-order valence-electron chi connectivity index (χ2n) is 5.12. The van der Waals surface area contributed by atoms with Gasteiger partial charge in [-0.05, 0) is 18.9 Å². The minimum atomic E-state index is -0.487. The molecule has 0 radical (unpaired) electrons. The van der Waals surface area contributed by atoms with E-state index in [2.05, 4.69) is 10.3 Å². The molecule has 1 aliphatic rings. The lowest BCUT2D eigenvalue weighted by Crippen LogP contribution is -2.32. The van der Waals surface area contributed by atoms with Crippen LogP contribution in [0.15, 0.2) is 27.8 Å². The van der Waals surface area contributed by atoms with E-state index in [0.717, 1.165) is 31.2 Å². The van der Waals surface area contributed by atoms with Gasteiger partial charge >= 0.3 is 0 Å². The maximum atomic E-state index is 11.8. The van der Waals surface area contributed by atoms with Gasteiger partial charge in [0, 0.05) is 25.3 Å². The van der Waals surface area contributed by atoms with E-state index in [4.69, 9.17) is 9.15 Å². The zero-order chi connectivity index (χ0) is 16.2. The molecule has 1 aromatic heterocycles. The summed E-state index contributed by atoms with van der Waals surface area (Å²) >= 11 is 1.15. The molecule has 1 atom stereocenters. The molecule has 1 amide bonds. The molecule has 8 nitrogen and oxygen atoms in total. The molecule has 3 rings (SSSR count). The first-order valence-electron chi connectivity index (χ1n) is 7.18. The van der Waals surface area contributed by atoms with E-state index in [-0.39, 0.29) is 23.5 Å². The van der Waals surface area contributed by atoms with Crippen LogP contribution in [0.1, 0.15) is 12.8 Å². The quantitative estimate of drug-likeness (QED) is 0.488.